The van der Waals surface area contributed by atoms with Gasteiger partial charge in [-0.05, 0) is 32.9 Å². The molecule has 0 spiro atoms. The summed E-state index contributed by atoms with van der Waals surface area (Å²) in [5.41, 5.74) is 1.12. The van der Waals surface area contributed by atoms with Crippen molar-refractivity contribution in [3.63, 3.8) is 0 Å². The van der Waals surface area contributed by atoms with E-state index in [0.717, 1.165) is 5.56 Å². The highest BCUT2D eigenvalue weighted by Crippen LogP contribution is 2.19. The van der Waals surface area contributed by atoms with Crippen LogP contribution in [0.4, 0.5) is 0 Å². The zero-order chi connectivity index (χ0) is 13.7. The number of carbonyl (C=O) groups is 1. The molecule has 3 nitrogen and oxygen atoms in total. The van der Waals surface area contributed by atoms with Crippen LogP contribution < -0.4 is 0 Å². The Labute approximate surface area is 110 Å². The Morgan fingerprint density at radius 3 is 2.33 bits per heavy atom. The van der Waals surface area contributed by atoms with Gasteiger partial charge in [0.1, 0.15) is 6.10 Å². The van der Waals surface area contributed by atoms with Crippen LogP contribution in [0, 0.1) is 6.92 Å². The van der Waals surface area contributed by atoms with Crippen molar-refractivity contribution in [2.45, 2.75) is 38.7 Å². The zero-order valence-corrected chi connectivity index (χ0v) is 11.9. The number of ether oxygens (including phenoxy) is 1. The molecule has 1 aromatic carbocycles. The lowest BCUT2D eigenvalue weighted by molar-refractivity contribution is -0.143. The van der Waals surface area contributed by atoms with Crippen LogP contribution in [0.1, 0.15) is 26.3 Å². The van der Waals surface area contributed by atoms with Gasteiger partial charge in [-0.25, -0.2) is 4.21 Å². The number of rotatable bonds is 4. The summed E-state index contributed by atoms with van der Waals surface area (Å²) in [5, 5.41) is 0. The van der Waals surface area contributed by atoms with Crippen molar-refractivity contribution in [3.8, 4) is 0 Å². The summed E-state index contributed by atoms with van der Waals surface area (Å²) in [6.07, 6.45) is 1.26. The van der Waals surface area contributed by atoms with Gasteiger partial charge in [-0.3, -0.25) is 4.79 Å². The largest absolute Gasteiger partial charge is 0.457 e. The topological polar surface area (TPSA) is 43.4 Å². The molecule has 0 aliphatic rings. The normalized spacial score (nSPS) is 15.0. The van der Waals surface area contributed by atoms with Crippen LogP contribution in [0.2, 0.25) is 0 Å². The van der Waals surface area contributed by atoms with E-state index in [0.29, 0.717) is 9.80 Å². The van der Waals surface area contributed by atoms with E-state index in [1.54, 1.807) is 19.9 Å². The van der Waals surface area contributed by atoms with Gasteiger partial charge in [0.2, 0.25) is 0 Å². The maximum atomic E-state index is 12.4. The highest BCUT2D eigenvalue weighted by atomic mass is 32.2. The average molecular weight is 266 g/mol. The Hall–Kier alpha value is -1.42. The lowest BCUT2D eigenvalue weighted by atomic mass is 10.2. The predicted octanol–water partition coefficient (Wildman–Crippen LogP) is 2.96. The molecule has 0 N–H and O–H groups in total. The molecule has 2 atom stereocenters. The minimum Gasteiger partial charge on any atom is -0.457 e. The van der Waals surface area contributed by atoms with Crippen LogP contribution in [0.5, 0.6) is 0 Å². The molecular formula is C14H18O3S. The number of benzene rings is 1. The van der Waals surface area contributed by atoms with Gasteiger partial charge in [-0.15, -0.1) is 0 Å². The summed E-state index contributed by atoms with van der Waals surface area (Å²) in [4.78, 5) is 12.3. The van der Waals surface area contributed by atoms with E-state index in [2.05, 4.69) is 0 Å². The standard InChI is InChI=1S/C14H18O3S/c1-5-14(11(3)17-12(4)15)18(16)13-8-6-10(2)7-9-13/h5-9,11H,1-4H3/b14-5-. The number of esters is 1. The number of carbonyl (C=O) groups excluding carboxylic acids is 1. The number of hydrogen-bond acceptors (Lipinski definition) is 3. The molecule has 0 radical (unpaired) electrons. The van der Waals surface area contributed by atoms with E-state index >= 15 is 0 Å². The highest BCUT2D eigenvalue weighted by molar-refractivity contribution is 7.89. The van der Waals surface area contributed by atoms with E-state index in [9.17, 15) is 9.00 Å². The highest BCUT2D eigenvalue weighted by Gasteiger charge is 2.18. The average Bonchev–Trinajstić information content (AvgIpc) is 2.29. The molecule has 0 aliphatic carbocycles. The van der Waals surface area contributed by atoms with E-state index in [1.807, 2.05) is 31.2 Å². The molecule has 0 saturated heterocycles. The molecule has 0 aliphatic heterocycles. The van der Waals surface area contributed by atoms with E-state index in [4.69, 9.17) is 4.74 Å². The summed E-state index contributed by atoms with van der Waals surface area (Å²) in [6, 6.07) is 7.49. The summed E-state index contributed by atoms with van der Waals surface area (Å²) in [6.45, 7) is 6.84. The lowest BCUT2D eigenvalue weighted by Gasteiger charge is -2.15. The third-order valence-corrected chi connectivity index (χ3v) is 4.17. The Morgan fingerprint density at radius 1 is 1.33 bits per heavy atom. The molecule has 0 heterocycles. The van der Waals surface area contributed by atoms with Crippen LogP contribution in [0.15, 0.2) is 40.1 Å². The van der Waals surface area contributed by atoms with Gasteiger partial charge in [0.25, 0.3) is 0 Å². The minimum absolute atomic E-state index is 0.372. The van der Waals surface area contributed by atoms with Gasteiger partial charge >= 0.3 is 5.97 Å². The van der Waals surface area contributed by atoms with Gasteiger partial charge in [0.05, 0.1) is 15.7 Å². The second kappa shape index (κ2) is 6.50. The first kappa shape index (κ1) is 14.6. The van der Waals surface area contributed by atoms with Gasteiger partial charge in [-0.1, -0.05) is 23.8 Å². The molecule has 1 rings (SSSR count). The third-order valence-electron chi connectivity index (χ3n) is 2.48. The van der Waals surface area contributed by atoms with E-state index < -0.39 is 16.9 Å². The maximum absolute atomic E-state index is 12.4. The number of allylic oxidation sites excluding steroid dienone is 1. The Morgan fingerprint density at radius 2 is 1.89 bits per heavy atom. The Bertz CT molecular complexity index is 474. The molecule has 0 saturated carbocycles. The lowest BCUT2D eigenvalue weighted by Crippen LogP contribution is -2.18. The fraction of sp³-hybridized carbons (Fsp3) is 0.357. The Balaban J connectivity index is 2.93. The van der Waals surface area contributed by atoms with Gasteiger partial charge < -0.3 is 4.74 Å². The van der Waals surface area contributed by atoms with Crippen molar-refractivity contribution in [2.24, 2.45) is 0 Å². The Kier molecular flexibility index (Phi) is 5.28. The van der Waals surface area contributed by atoms with Crippen molar-refractivity contribution >= 4 is 16.8 Å². The van der Waals surface area contributed by atoms with Crippen molar-refractivity contribution in [1.29, 1.82) is 0 Å². The second-order valence-corrected chi connectivity index (χ2v) is 5.50. The van der Waals surface area contributed by atoms with Crippen molar-refractivity contribution in [1.82, 2.24) is 0 Å². The number of aryl methyl sites for hydroxylation is 1. The molecule has 18 heavy (non-hydrogen) atoms. The van der Waals surface area contributed by atoms with Crippen molar-refractivity contribution < 1.29 is 13.7 Å². The molecule has 0 bridgehead atoms. The van der Waals surface area contributed by atoms with E-state index in [1.165, 1.54) is 6.92 Å². The molecule has 0 fully saturated rings. The van der Waals surface area contributed by atoms with Crippen LogP contribution in [0.3, 0.4) is 0 Å². The zero-order valence-electron chi connectivity index (χ0n) is 11.1. The predicted molar refractivity (Wildman–Crippen MR) is 72.6 cm³/mol. The van der Waals surface area contributed by atoms with Gasteiger partial charge in [-0.2, -0.15) is 0 Å². The van der Waals surface area contributed by atoms with Gasteiger partial charge in [0.15, 0.2) is 0 Å². The molecular weight excluding hydrogens is 248 g/mol. The monoisotopic (exact) mass is 266 g/mol. The van der Waals surface area contributed by atoms with Crippen LogP contribution >= 0.6 is 0 Å². The van der Waals surface area contributed by atoms with Crippen LogP contribution in [0.25, 0.3) is 0 Å². The van der Waals surface area contributed by atoms with Crippen LogP contribution in [-0.2, 0) is 20.3 Å². The SMILES string of the molecule is C/C=C(/C(C)OC(C)=O)S(=O)c1ccc(C)cc1. The third kappa shape index (κ3) is 3.81. The molecule has 0 amide bonds. The molecule has 2 unspecified atom stereocenters. The molecule has 4 heteroatoms. The molecule has 0 aromatic heterocycles. The fourth-order valence-corrected chi connectivity index (χ4v) is 2.82. The summed E-state index contributed by atoms with van der Waals surface area (Å²) in [7, 11) is -1.29. The van der Waals surface area contributed by atoms with E-state index in [-0.39, 0.29) is 5.97 Å². The van der Waals surface area contributed by atoms with Gasteiger partial charge in [0, 0.05) is 11.8 Å². The first-order chi connectivity index (χ1) is 8.45. The molecule has 98 valence electrons. The first-order valence-electron chi connectivity index (χ1n) is 5.77. The van der Waals surface area contributed by atoms with Crippen molar-refractivity contribution in [2.75, 3.05) is 0 Å². The molecule has 1 aromatic rings. The summed E-state index contributed by atoms with van der Waals surface area (Å²) in [5.74, 6) is -0.372. The summed E-state index contributed by atoms with van der Waals surface area (Å²) >= 11 is 0. The van der Waals surface area contributed by atoms with Crippen LogP contribution in [-0.4, -0.2) is 16.3 Å². The minimum atomic E-state index is -1.29. The second-order valence-electron chi connectivity index (χ2n) is 4.02. The number of hydrogen-bond donors (Lipinski definition) is 0. The first-order valence-corrected chi connectivity index (χ1v) is 6.92. The smallest absolute Gasteiger partial charge is 0.303 e. The quantitative estimate of drug-likeness (QED) is 0.787. The summed E-state index contributed by atoms with van der Waals surface area (Å²) < 4.78 is 17.4. The van der Waals surface area contributed by atoms with Crippen molar-refractivity contribution in [3.05, 3.63) is 40.8 Å². The maximum Gasteiger partial charge on any atom is 0.303 e. The fourth-order valence-electron chi connectivity index (χ4n) is 1.60.